The largest absolute Gasteiger partial charge is 0.491 e. The first-order valence-electron chi connectivity index (χ1n) is 10.8. The number of ether oxygens (including phenoxy) is 1. The first kappa shape index (κ1) is 25.7. The molecule has 0 spiro atoms. The summed E-state index contributed by atoms with van der Waals surface area (Å²) in [6, 6.07) is 5.59. The Kier molecular flexibility index (Phi) is 9.15. The van der Waals surface area contributed by atoms with E-state index in [0.29, 0.717) is 23.1 Å². The van der Waals surface area contributed by atoms with Gasteiger partial charge in [0.25, 0.3) is 0 Å². The van der Waals surface area contributed by atoms with Crippen LogP contribution < -0.4 is 9.64 Å². The van der Waals surface area contributed by atoms with Crippen molar-refractivity contribution in [1.82, 2.24) is 14.3 Å². The SMILES string of the molecule is CC(C)Oc1cc(CCC(=O)N(C)CC(=O)N(C)c2nc(C(C)C)ns2)ccc1C(C)O. The van der Waals surface area contributed by atoms with E-state index >= 15 is 0 Å². The predicted molar refractivity (Wildman–Crippen MR) is 126 cm³/mol. The Hall–Kier alpha value is -2.52. The number of benzene rings is 1. The van der Waals surface area contributed by atoms with Crippen molar-refractivity contribution in [2.45, 2.75) is 65.6 Å². The van der Waals surface area contributed by atoms with Crippen molar-refractivity contribution in [2.24, 2.45) is 0 Å². The fourth-order valence-electron chi connectivity index (χ4n) is 2.98. The van der Waals surface area contributed by atoms with Crippen molar-refractivity contribution >= 4 is 28.5 Å². The molecule has 176 valence electrons. The van der Waals surface area contributed by atoms with E-state index in [1.54, 1.807) is 21.0 Å². The summed E-state index contributed by atoms with van der Waals surface area (Å²) in [5, 5.41) is 10.5. The zero-order chi connectivity index (χ0) is 24.0. The molecule has 0 saturated carbocycles. The van der Waals surface area contributed by atoms with E-state index in [1.165, 1.54) is 21.3 Å². The number of carbonyl (C=O) groups is 2. The molecule has 9 heteroatoms. The summed E-state index contributed by atoms with van der Waals surface area (Å²) in [6.45, 7) is 9.51. The highest BCUT2D eigenvalue weighted by Gasteiger charge is 2.20. The summed E-state index contributed by atoms with van der Waals surface area (Å²) in [4.78, 5) is 32.4. The Balaban J connectivity index is 1.95. The maximum absolute atomic E-state index is 12.6. The molecule has 1 unspecified atom stereocenters. The number of rotatable bonds is 10. The molecule has 0 saturated heterocycles. The highest BCUT2D eigenvalue weighted by molar-refractivity contribution is 7.09. The number of aryl methyl sites for hydroxylation is 1. The van der Waals surface area contributed by atoms with Crippen molar-refractivity contribution in [1.29, 1.82) is 0 Å². The van der Waals surface area contributed by atoms with Gasteiger partial charge in [-0.3, -0.25) is 14.5 Å². The van der Waals surface area contributed by atoms with Gasteiger partial charge in [-0.05, 0) is 38.8 Å². The van der Waals surface area contributed by atoms with Gasteiger partial charge in [0.05, 0.1) is 18.8 Å². The van der Waals surface area contributed by atoms with Crippen LogP contribution in [0.25, 0.3) is 0 Å². The lowest BCUT2D eigenvalue weighted by molar-refractivity contribution is -0.133. The van der Waals surface area contributed by atoms with Crippen LogP contribution in [-0.2, 0) is 16.0 Å². The van der Waals surface area contributed by atoms with Crippen LogP contribution >= 0.6 is 11.5 Å². The molecule has 2 rings (SSSR count). The van der Waals surface area contributed by atoms with Crippen LogP contribution in [0.4, 0.5) is 5.13 Å². The molecule has 8 nitrogen and oxygen atoms in total. The molecule has 0 bridgehead atoms. The molecule has 1 aromatic heterocycles. The van der Waals surface area contributed by atoms with Gasteiger partial charge in [0.1, 0.15) is 11.6 Å². The van der Waals surface area contributed by atoms with Crippen LogP contribution in [0.3, 0.4) is 0 Å². The number of hydrogen-bond donors (Lipinski definition) is 1. The second kappa shape index (κ2) is 11.4. The van der Waals surface area contributed by atoms with Crippen molar-refractivity contribution in [3.05, 3.63) is 35.2 Å². The van der Waals surface area contributed by atoms with Crippen LogP contribution in [0.1, 0.15) is 70.0 Å². The third-order valence-corrected chi connectivity index (χ3v) is 5.73. The standard InChI is InChI=1S/C23H34N4O4S/c1-14(2)22-24-23(32-25-22)27(7)21(30)13-26(6)20(29)11-9-17-8-10-18(16(5)28)19(12-17)31-15(3)4/h8,10,12,14-16,28H,9,11,13H2,1-7H3. The minimum Gasteiger partial charge on any atom is -0.491 e. The predicted octanol–water partition coefficient (Wildman–Crippen LogP) is 3.56. The molecular formula is C23H34N4O4S. The second-order valence-corrected chi connectivity index (χ2v) is 9.24. The number of aliphatic hydroxyl groups is 1. The summed E-state index contributed by atoms with van der Waals surface area (Å²) in [7, 11) is 3.27. The van der Waals surface area contributed by atoms with Gasteiger partial charge in [-0.1, -0.05) is 26.0 Å². The molecule has 0 fully saturated rings. The van der Waals surface area contributed by atoms with Gasteiger partial charge in [0, 0.05) is 43.5 Å². The quantitative estimate of drug-likeness (QED) is 0.580. The number of amides is 2. The summed E-state index contributed by atoms with van der Waals surface area (Å²) >= 11 is 1.18. The average molecular weight is 463 g/mol. The minimum atomic E-state index is -0.641. The van der Waals surface area contributed by atoms with Crippen LogP contribution in [-0.4, -0.2) is 57.9 Å². The lowest BCUT2D eigenvalue weighted by atomic mass is 10.0. The van der Waals surface area contributed by atoms with E-state index in [1.807, 2.05) is 45.9 Å². The van der Waals surface area contributed by atoms with Gasteiger partial charge in [-0.2, -0.15) is 4.37 Å². The number of aromatic nitrogens is 2. The van der Waals surface area contributed by atoms with E-state index in [4.69, 9.17) is 4.74 Å². The Morgan fingerprint density at radius 3 is 2.38 bits per heavy atom. The fraction of sp³-hybridized carbons (Fsp3) is 0.565. The van der Waals surface area contributed by atoms with E-state index in [2.05, 4.69) is 9.36 Å². The first-order chi connectivity index (χ1) is 15.0. The normalized spacial score (nSPS) is 12.2. The number of anilines is 1. The van der Waals surface area contributed by atoms with Crippen LogP contribution in [0.5, 0.6) is 5.75 Å². The Bertz CT molecular complexity index is 926. The Morgan fingerprint density at radius 2 is 1.81 bits per heavy atom. The molecule has 0 radical (unpaired) electrons. The van der Waals surface area contributed by atoms with Gasteiger partial charge < -0.3 is 14.7 Å². The summed E-state index contributed by atoms with van der Waals surface area (Å²) in [5.74, 6) is 1.17. The molecule has 0 aliphatic rings. The second-order valence-electron chi connectivity index (χ2n) is 8.51. The minimum absolute atomic E-state index is 0.0248. The molecule has 2 aromatic rings. The molecule has 32 heavy (non-hydrogen) atoms. The first-order valence-corrected chi connectivity index (χ1v) is 11.6. The van der Waals surface area contributed by atoms with E-state index in [9.17, 15) is 14.7 Å². The molecular weight excluding hydrogens is 428 g/mol. The summed E-state index contributed by atoms with van der Waals surface area (Å²) in [5.41, 5.74) is 1.65. The topological polar surface area (TPSA) is 95.9 Å². The zero-order valence-electron chi connectivity index (χ0n) is 20.0. The van der Waals surface area contributed by atoms with Gasteiger partial charge in [-0.25, -0.2) is 4.98 Å². The van der Waals surface area contributed by atoms with Crippen LogP contribution in [0, 0.1) is 0 Å². The smallest absolute Gasteiger partial charge is 0.248 e. The highest BCUT2D eigenvalue weighted by atomic mass is 32.1. The third-order valence-electron chi connectivity index (χ3n) is 4.92. The van der Waals surface area contributed by atoms with Crippen molar-refractivity contribution in [3.8, 4) is 5.75 Å². The van der Waals surface area contributed by atoms with Crippen molar-refractivity contribution < 1.29 is 19.4 Å². The lowest BCUT2D eigenvalue weighted by Crippen LogP contribution is -2.39. The number of nitrogens with zero attached hydrogens (tertiary/aromatic N) is 4. The number of likely N-dealkylation sites (N-methyl/N-ethyl adjacent to an activating group) is 2. The van der Waals surface area contributed by atoms with Gasteiger partial charge in [0.2, 0.25) is 16.9 Å². The maximum Gasteiger partial charge on any atom is 0.248 e. The van der Waals surface area contributed by atoms with Gasteiger partial charge >= 0.3 is 0 Å². The van der Waals surface area contributed by atoms with Crippen molar-refractivity contribution in [3.63, 3.8) is 0 Å². The number of carbonyl (C=O) groups excluding carboxylic acids is 2. The summed E-state index contributed by atoms with van der Waals surface area (Å²) < 4.78 is 10.1. The van der Waals surface area contributed by atoms with E-state index < -0.39 is 6.10 Å². The number of aliphatic hydroxyl groups excluding tert-OH is 1. The van der Waals surface area contributed by atoms with E-state index in [-0.39, 0.29) is 36.8 Å². The molecule has 1 N–H and O–H groups in total. The molecule has 1 aromatic carbocycles. The van der Waals surface area contributed by atoms with Crippen LogP contribution in [0.2, 0.25) is 0 Å². The van der Waals surface area contributed by atoms with Crippen LogP contribution in [0.15, 0.2) is 18.2 Å². The maximum atomic E-state index is 12.6. The Morgan fingerprint density at radius 1 is 1.12 bits per heavy atom. The molecule has 0 aliphatic heterocycles. The average Bonchev–Trinajstić information content (AvgIpc) is 3.21. The van der Waals surface area contributed by atoms with E-state index in [0.717, 1.165) is 11.1 Å². The fourth-order valence-corrected chi connectivity index (χ4v) is 3.76. The third kappa shape index (κ3) is 7.00. The van der Waals surface area contributed by atoms with Crippen molar-refractivity contribution in [2.75, 3.05) is 25.5 Å². The molecule has 1 heterocycles. The van der Waals surface area contributed by atoms with Gasteiger partial charge in [-0.15, -0.1) is 0 Å². The number of hydrogen-bond acceptors (Lipinski definition) is 7. The van der Waals surface area contributed by atoms with Gasteiger partial charge in [0.15, 0.2) is 0 Å². The summed E-state index contributed by atoms with van der Waals surface area (Å²) in [6.07, 6.45) is 0.107. The highest BCUT2D eigenvalue weighted by Crippen LogP contribution is 2.28. The lowest BCUT2D eigenvalue weighted by Gasteiger charge is -2.20. The zero-order valence-corrected chi connectivity index (χ0v) is 20.8. The molecule has 1 atom stereocenters. The molecule has 2 amide bonds. The molecule has 0 aliphatic carbocycles. The monoisotopic (exact) mass is 462 g/mol. The Labute approximate surface area is 194 Å².